The van der Waals surface area contributed by atoms with Crippen LogP contribution >= 0.6 is 0 Å². The molecule has 0 saturated carbocycles. The number of nitrogens with zero attached hydrogens (tertiary/aromatic N) is 4. The van der Waals surface area contributed by atoms with Crippen LogP contribution in [-0.2, 0) is 9.53 Å². The summed E-state index contributed by atoms with van der Waals surface area (Å²) >= 11 is 0. The summed E-state index contributed by atoms with van der Waals surface area (Å²) in [6, 6.07) is 2.01. The summed E-state index contributed by atoms with van der Waals surface area (Å²) in [6.07, 6.45) is 7.26. The third-order valence-corrected chi connectivity index (χ3v) is 3.41. The summed E-state index contributed by atoms with van der Waals surface area (Å²) in [5, 5.41) is 8.79. The Morgan fingerprint density at radius 1 is 1.30 bits per heavy atom. The highest BCUT2D eigenvalue weighted by Crippen LogP contribution is 2.20. The first-order chi connectivity index (χ1) is 10.9. The van der Waals surface area contributed by atoms with Gasteiger partial charge in [-0.05, 0) is 40.0 Å². The van der Waals surface area contributed by atoms with Crippen molar-refractivity contribution in [1.82, 2.24) is 9.97 Å². The molecule has 1 aliphatic rings. The maximum absolute atomic E-state index is 11.9. The molecule has 2 heterocycles. The Bertz CT molecular complexity index is 623. The normalized spacial score (nSPS) is 17.5. The minimum Gasteiger partial charge on any atom is -0.457 e. The van der Waals surface area contributed by atoms with E-state index in [1.165, 1.54) is 12.4 Å². The molecule has 0 amide bonds. The standard InChI is InChI=1S/C17H22N4O2/c1-17(2,3)23-15(22)9-13-5-4-7-21(8-6-13)16-19-11-14(10-18)12-20-16/h9,11-12H,4-8H2,1-3H3/b13-9-. The number of nitriles is 1. The number of hydrogen-bond donors (Lipinski definition) is 0. The third kappa shape index (κ3) is 5.37. The van der Waals surface area contributed by atoms with E-state index in [1.54, 1.807) is 6.08 Å². The van der Waals surface area contributed by atoms with Gasteiger partial charge in [0.2, 0.25) is 5.95 Å². The lowest BCUT2D eigenvalue weighted by atomic mass is 10.1. The number of rotatable bonds is 2. The lowest BCUT2D eigenvalue weighted by Crippen LogP contribution is -2.26. The highest BCUT2D eigenvalue weighted by atomic mass is 16.6. The van der Waals surface area contributed by atoms with Crippen molar-refractivity contribution in [3.05, 3.63) is 29.6 Å². The predicted octanol–water partition coefficient (Wildman–Crippen LogP) is 2.61. The van der Waals surface area contributed by atoms with Crippen LogP contribution < -0.4 is 4.90 Å². The minimum atomic E-state index is -0.471. The van der Waals surface area contributed by atoms with Gasteiger partial charge in [-0.2, -0.15) is 5.26 Å². The smallest absolute Gasteiger partial charge is 0.331 e. The largest absolute Gasteiger partial charge is 0.457 e. The second-order valence-electron chi connectivity index (χ2n) is 6.56. The van der Waals surface area contributed by atoms with E-state index in [2.05, 4.69) is 14.9 Å². The number of esters is 1. The van der Waals surface area contributed by atoms with E-state index < -0.39 is 5.60 Å². The molecule has 1 saturated heterocycles. The van der Waals surface area contributed by atoms with Gasteiger partial charge in [0.05, 0.1) is 18.0 Å². The van der Waals surface area contributed by atoms with Crippen molar-refractivity contribution >= 4 is 11.9 Å². The van der Waals surface area contributed by atoms with Gasteiger partial charge in [0.15, 0.2) is 0 Å². The number of carbonyl (C=O) groups is 1. The Morgan fingerprint density at radius 3 is 2.61 bits per heavy atom. The van der Waals surface area contributed by atoms with Crippen molar-refractivity contribution in [1.29, 1.82) is 5.26 Å². The van der Waals surface area contributed by atoms with Crippen LogP contribution in [0.1, 0.15) is 45.6 Å². The fraction of sp³-hybridized carbons (Fsp3) is 0.529. The van der Waals surface area contributed by atoms with Crippen molar-refractivity contribution in [3.63, 3.8) is 0 Å². The van der Waals surface area contributed by atoms with E-state index in [4.69, 9.17) is 10.00 Å². The van der Waals surface area contributed by atoms with Crippen molar-refractivity contribution in [2.24, 2.45) is 0 Å². The van der Waals surface area contributed by atoms with E-state index in [0.717, 1.165) is 37.9 Å². The summed E-state index contributed by atoms with van der Waals surface area (Å²) in [5.41, 5.74) is 1.07. The number of ether oxygens (including phenoxy) is 1. The molecular weight excluding hydrogens is 292 g/mol. The zero-order valence-corrected chi connectivity index (χ0v) is 13.9. The Labute approximate surface area is 136 Å². The first kappa shape index (κ1) is 16.9. The minimum absolute atomic E-state index is 0.282. The van der Waals surface area contributed by atoms with Crippen LogP contribution in [0.3, 0.4) is 0 Å². The Balaban J connectivity index is 1.99. The molecule has 0 aliphatic carbocycles. The van der Waals surface area contributed by atoms with Crippen LogP contribution in [-0.4, -0.2) is 34.6 Å². The molecule has 1 aromatic rings. The molecule has 0 aromatic carbocycles. The van der Waals surface area contributed by atoms with Crippen LogP contribution in [0.5, 0.6) is 0 Å². The molecule has 0 atom stereocenters. The van der Waals surface area contributed by atoms with Gasteiger partial charge in [-0.15, -0.1) is 0 Å². The van der Waals surface area contributed by atoms with Crippen molar-refractivity contribution < 1.29 is 9.53 Å². The molecule has 0 spiro atoms. The quantitative estimate of drug-likeness (QED) is 0.616. The molecule has 0 bridgehead atoms. The van der Waals surface area contributed by atoms with Crippen LogP contribution in [0.25, 0.3) is 0 Å². The molecule has 0 radical (unpaired) electrons. The van der Waals surface area contributed by atoms with E-state index >= 15 is 0 Å². The van der Waals surface area contributed by atoms with Crippen LogP contribution in [0, 0.1) is 11.3 Å². The van der Waals surface area contributed by atoms with Crippen molar-refractivity contribution in [3.8, 4) is 6.07 Å². The van der Waals surface area contributed by atoms with E-state index in [1.807, 2.05) is 26.8 Å². The molecule has 0 N–H and O–H groups in total. The Kier molecular flexibility index (Phi) is 5.32. The summed E-state index contributed by atoms with van der Waals surface area (Å²) in [5.74, 6) is 0.345. The molecule has 1 aliphatic heterocycles. The van der Waals surface area contributed by atoms with Crippen LogP contribution in [0.4, 0.5) is 5.95 Å². The predicted molar refractivity (Wildman–Crippen MR) is 86.7 cm³/mol. The summed E-state index contributed by atoms with van der Waals surface area (Å²) < 4.78 is 5.33. The fourth-order valence-corrected chi connectivity index (χ4v) is 2.40. The molecule has 122 valence electrons. The van der Waals surface area contributed by atoms with Crippen molar-refractivity contribution in [2.45, 2.75) is 45.6 Å². The first-order valence-corrected chi connectivity index (χ1v) is 7.77. The molecule has 23 heavy (non-hydrogen) atoms. The maximum Gasteiger partial charge on any atom is 0.331 e. The zero-order valence-electron chi connectivity index (χ0n) is 13.9. The summed E-state index contributed by atoms with van der Waals surface area (Å²) in [7, 11) is 0. The lowest BCUT2D eigenvalue weighted by molar-refractivity contribution is -0.148. The maximum atomic E-state index is 11.9. The zero-order chi connectivity index (χ0) is 16.9. The highest BCUT2D eigenvalue weighted by molar-refractivity contribution is 5.83. The second kappa shape index (κ2) is 7.23. The number of anilines is 1. The average molecular weight is 314 g/mol. The molecule has 1 fully saturated rings. The van der Waals surface area contributed by atoms with E-state index in [-0.39, 0.29) is 5.97 Å². The second-order valence-corrected chi connectivity index (χ2v) is 6.56. The van der Waals surface area contributed by atoms with Gasteiger partial charge >= 0.3 is 5.97 Å². The van der Waals surface area contributed by atoms with Crippen LogP contribution in [0.15, 0.2) is 24.0 Å². The number of aromatic nitrogens is 2. The fourth-order valence-electron chi connectivity index (χ4n) is 2.40. The third-order valence-electron chi connectivity index (χ3n) is 3.41. The molecule has 2 rings (SSSR count). The number of hydrogen-bond acceptors (Lipinski definition) is 6. The van der Waals surface area contributed by atoms with Gasteiger partial charge in [-0.1, -0.05) is 5.57 Å². The SMILES string of the molecule is CC(C)(C)OC(=O)/C=C1/CCCN(c2ncc(C#N)cn2)CC1. The van der Waals surface area contributed by atoms with Crippen LogP contribution in [0.2, 0.25) is 0 Å². The van der Waals surface area contributed by atoms with Gasteiger partial charge in [0.1, 0.15) is 11.7 Å². The molecule has 6 nitrogen and oxygen atoms in total. The Morgan fingerprint density at radius 2 is 2.00 bits per heavy atom. The van der Waals surface area contributed by atoms with E-state index in [0.29, 0.717) is 11.5 Å². The molecule has 6 heteroatoms. The van der Waals surface area contributed by atoms with Gasteiger partial charge in [0.25, 0.3) is 0 Å². The van der Waals surface area contributed by atoms with Crippen molar-refractivity contribution in [2.75, 3.05) is 18.0 Å². The van der Waals surface area contributed by atoms with Gasteiger partial charge in [-0.25, -0.2) is 14.8 Å². The monoisotopic (exact) mass is 314 g/mol. The topological polar surface area (TPSA) is 79.1 Å². The molecule has 1 aromatic heterocycles. The Hall–Kier alpha value is -2.42. The summed E-state index contributed by atoms with van der Waals surface area (Å²) in [4.78, 5) is 22.4. The van der Waals surface area contributed by atoms with Gasteiger partial charge in [-0.3, -0.25) is 0 Å². The summed E-state index contributed by atoms with van der Waals surface area (Å²) in [6.45, 7) is 7.17. The first-order valence-electron chi connectivity index (χ1n) is 7.77. The lowest BCUT2D eigenvalue weighted by Gasteiger charge is -2.19. The van der Waals surface area contributed by atoms with E-state index in [9.17, 15) is 4.79 Å². The number of carbonyl (C=O) groups excluding carboxylic acids is 1. The highest BCUT2D eigenvalue weighted by Gasteiger charge is 2.18. The van der Waals surface area contributed by atoms with Gasteiger partial charge < -0.3 is 9.64 Å². The molecular formula is C17H22N4O2. The van der Waals surface area contributed by atoms with Gasteiger partial charge in [0, 0.05) is 19.2 Å². The molecule has 0 unspecified atom stereocenters. The average Bonchev–Trinajstić information content (AvgIpc) is 2.71.